The van der Waals surface area contributed by atoms with Crippen LogP contribution in [0.1, 0.15) is 84.9 Å². The van der Waals surface area contributed by atoms with Gasteiger partial charge in [-0.25, -0.2) is 0 Å². The number of hydrogen-bond acceptors (Lipinski definition) is 3. The molecule has 1 aliphatic carbocycles. The zero-order valence-corrected chi connectivity index (χ0v) is 20.1. The van der Waals surface area contributed by atoms with Crippen molar-refractivity contribution < 1.29 is 9.59 Å². The van der Waals surface area contributed by atoms with E-state index in [1.807, 2.05) is 41.7 Å². The number of ketones is 2. The van der Waals surface area contributed by atoms with Crippen molar-refractivity contribution in [3.05, 3.63) is 69.4 Å². The van der Waals surface area contributed by atoms with Crippen molar-refractivity contribution in [3.63, 3.8) is 0 Å². The largest absolute Gasteiger partial charge is 0.285 e. The molecule has 3 aromatic rings. The number of carbonyl (C=O) groups is 2. The molecule has 0 amide bonds. The van der Waals surface area contributed by atoms with E-state index in [4.69, 9.17) is 0 Å². The van der Waals surface area contributed by atoms with Crippen molar-refractivity contribution >= 4 is 22.9 Å². The fourth-order valence-electron chi connectivity index (χ4n) is 4.07. The molecule has 0 saturated carbocycles. The molecule has 0 radical (unpaired) electrons. The van der Waals surface area contributed by atoms with Crippen LogP contribution < -0.4 is 0 Å². The Morgan fingerprint density at radius 2 is 1.26 bits per heavy atom. The zero-order valence-electron chi connectivity index (χ0n) is 19.3. The molecule has 2 nitrogen and oxygen atoms in total. The van der Waals surface area contributed by atoms with Crippen LogP contribution in [0.4, 0.5) is 0 Å². The molecule has 3 heteroatoms. The van der Waals surface area contributed by atoms with Crippen LogP contribution in [0.25, 0.3) is 22.3 Å². The summed E-state index contributed by atoms with van der Waals surface area (Å²) in [6.07, 6.45) is 2.09. The molecule has 0 atom stereocenters. The van der Waals surface area contributed by atoms with Crippen molar-refractivity contribution in [1.29, 1.82) is 0 Å². The minimum absolute atomic E-state index is 0.0321. The van der Waals surface area contributed by atoms with Crippen LogP contribution in [0.3, 0.4) is 0 Å². The van der Waals surface area contributed by atoms with Gasteiger partial charge in [0.25, 0.3) is 0 Å². The first-order chi connectivity index (χ1) is 14.6. The third kappa shape index (κ3) is 3.49. The summed E-state index contributed by atoms with van der Waals surface area (Å²) in [5.74, 6) is -0.816. The number of fused-ring (bicyclic) bond motifs is 3. The van der Waals surface area contributed by atoms with Crippen LogP contribution >= 0.6 is 11.3 Å². The first kappa shape index (κ1) is 21.7. The molecule has 1 aliphatic rings. The molecule has 0 aliphatic heterocycles. The Labute approximate surface area is 189 Å². The highest BCUT2D eigenvalue weighted by molar-refractivity contribution is 7.12. The molecule has 160 valence electrons. The van der Waals surface area contributed by atoms with Crippen LogP contribution in [0.15, 0.2) is 48.5 Å². The van der Waals surface area contributed by atoms with Gasteiger partial charge in [0.1, 0.15) is 0 Å². The van der Waals surface area contributed by atoms with E-state index in [1.165, 1.54) is 15.3 Å². The Balaban J connectivity index is 1.93. The van der Waals surface area contributed by atoms with Crippen molar-refractivity contribution in [2.24, 2.45) is 0 Å². The van der Waals surface area contributed by atoms with Gasteiger partial charge in [0, 0.05) is 20.9 Å². The highest BCUT2D eigenvalue weighted by Crippen LogP contribution is 2.46. The van der Waals surface area contributed by atoms with Crippen molar-refractivity contribution in [2.75, 3.05) is 0 Å². The molecular formula is C28H30O2S. The van der Waals surface area contributed by atoms with Crippen molar-refractivity contribution in [1.82, 2.24) is 0 Å². The van der Waals surface area contributed by atoms with Crippen LogP contribution in [0.5, 0.6) is 0 Å². The summed E-state index contributed by atoms with van der Waals surface area (Å²) in [6.45, 7) is 13.6. The summed E-state index contributed by atoms with van der Waals surface area (Å²) in [5, 5.41) is 0. The summed E-state index contributed by atoms with van der Waals surface area (Å²) in [6, 6.07) is 15.8. The summed E-state index contributed by atoms with van der Waals surface area (Å²) in [4.78, 5) is 28.4. The second kappa shape index (κ2) is 7.56. The Morgan fingerprint density at radius 3 is 1.90 bits per heavy atom. The topological polar surface area (TPSA) is 34.1 Å². The van der Waals surface area contributed by atoms with Crippen LogP contribution in [0.2, 0.25) is 0 Å². The van der Waals surface area contributed by atoms with Gasteiger partial charge in [0.2, 0.25) is 11.6 Å². The summed E-state index contributed by atoms with van der Waals surface area (Å²) in [5.41, 5.74) is 5.06. The third-order valence-corrected chi connectivity index (χ3v) is 8.89. The number of carbonyl (C=O) groups excluding carboxylic acids is 2. The Morgan fingerprint density at radius 1 is 0.677 bits per heavy atom. The fraction of sp³-hybridized carbons (Fsp3) is 0.357. The second-order valence-electron chi connectivity index (χ2n) is 9.79. The van der Waals surface area contributed by atoms with E-state index in [0.29, 0.717) is 11.1 Å². The van der Waals surface area contributed by atoms with Crippen LogP contribution in [-0.2, 0) is 10.8 Å². The molecule has 0 N–H and O–H groups in total. The highest BCUT2D eigenvalue weighted by atomic mass is 32.1. The Bertz CT molecular complexity index is 1190. The van der Waals surface area contributed by atoms with Gasteiger partial charge >= 0.3 is 0 Å². The molecule has 0 spiro atoms. The van der Waals surface area contributed by atoms with E-state index < -0.39 is 11.6 Å². The normalized spacial score (nSPS) is 13.9. The zero-order chi connectivity index (χ0) is 22.6. The van der Waals surface area contributed by atoms with E-state index in [1.54, 1.807) is 6.07 Å². The van der Waals surface area contributed by atoms with Crippen molar-refractivity contribution in [3.8, 4) is 22.3 Å². The third-order valence-electron chi connectivity index (χ3n) is 7.02. The smallest absolute Gasteiger partial charge is 0.234 e. The molecule has 1 aromatic heterocycles. The van der Waals surface area contributed by atoms with Crippen LogP contribution in [0, 0.1) is 0 Å². The van der Waals surface area contributed by atoms with Gasteiger partial charge in [0.15, 0.2) is 0 Å². The number of rotatable bonds is 5. The molecule has 0 saturated heterocycles. The highest BCUT2D eigenvalue weighted by Gasteiger charge is 2.33. The monoisotopic (exact) mass is 430 g/mol. The number of benzene rings is 2. The molecule has 0 bridgehead atoms. The Hall–Kier alpha value is -2.52. The van der Waals surface area contributed by atoms with Gasteiger partial charge in [0.05, 0.1) is 0 Å². The Kier molecular flexibility index (Phi) is 5.29. The maximum atomic E-state index is 13.0. The van der Waals surface area contributed by atoms with E-state index in [0.717, 1.165) is 29.5 Å². The molecule has 4 rings (SSSR count). The first-order valence-electron chi connectivity index (χ1n) is 11.1. The molecule has 0 unspecified atom stereocenters. The number of hydrogen-bond donors (Lipinski definition) is 0. The average Bonchev–Trinajstić information content (AvgIpc) is 3.24. The van der Waals surface area contributed by atoms with Gasteiger partial charge in [-0.3, -0.25) is 9.59 Å². The molecule has 31 heavy (non-hydrogen) atoms. The second-order valence-corrected chi connectivity index (χ2v) is 10.8. The van der Waals surface area contributed by atoms with E-state index in [-0.39, 0.29) is 10.8 Å². The number of thiophene rings is 1. The first-order valence-corrected chi connectivity index (χ1v) is 11.9. The van der Waals surface area contributed by atoms with Crippen LogP contribution in [-0.4, -0.2) is 11.6 Å². The lowest BCUT2D eigenvalue weighted by molar-refractivity contribution is 0.0815. The fourth-order valence-corrected chi connectivity index (χ4v) is 5.60. The molecule has 1 heterocycles. The van der Waals surface area contributed by atoms with Gasteiger partial charge in [-0.2, -0.15) is 0 Å². The van der Waals surface area contributed by atoms with Gasteiger partial charge in [-0.1, -0.05) is 77.9 Å². The molecular weight excluding hydrogens is 400 g/mol. The lowest BCUT2D eigenvalue weighted by atomic mass is 9.80. The van der Waals surface area contributed by atoms with Gasteiger partial charge in [-0.15, -0.1) is 11.3 Å². The average molecular weight is 431 g/mol. The predicted octanol–water partition coefficient (Wildman–Crippen LogP) is 7.84. The SMILES string of the molecule is CCC(C)(C)c1cc(-c2ccc3c(c2)C(=O)C(=O)c2ccccc2-3)c(C(C)(C)CC)s1. The van der Waals surface area contributed by atoms with E-state index >= 15 is 0 Å². The number of Topliss-reactive ketones (excluding diaryl/α,β-unsaturated/α-hetero) is 2. The van der Waals surface area contributed by atoms with Gasteiger partial charge in [-0.05, 0) is 58.1 Å². The van der Waals surface area contributed by atoms with Crippen molar-refractivity contribution in [2.45, 2.75) is 65.2 Å². The lowest BCUT2D eigenvalue weighted by Crippen LogP contribution is -2.21. The summed E-state index contributed by atoms with van der Waals surface area (Å²) in [7, 11) is 0. The predicted molar refractivity (Wildman–Crippen MR) is 130 cm³/mol. The molecule has 0 fully saturated rings. The maximum Gasteiger partial charge on any atom is 0.234 e. The maximum absolute atomic E-state index is 13.0. The van der Waals surface area contributed by atoms with E-state index in [2.05, 4.69) is 53.7 Å². The summed E-state index contributed by atoms with van der Waals surface area (Å²) >= 11 is 1.89. The molecule has 2 aromatic carbocycles. The lowest BCUT2D eigenvalue weighted by Gasteiger charge is -2.24. The van der Waals surface area contributed by atoms with Gasteiger partial charge < -0.3 is 0 Å². The van der Waals surface area contributed by atoms with E-state index in [9.17, 15) is 9.59 Å². The minimum Gasteiger partial charge on any atom is -0.285 e. The summed E-state index contributed by atoms with van der Waals surface area (Å²) < 4.78 is 0. The minimum atomic E-state index is -0.410. The standard InChI is InChI=1S/C28H30O2S/c1-7-27(3,4)23-16-21(26(31-23)28(5,6)8-2)17-13-14-19-18-11-9-10-12-20(18)24(29)25(30)22(19)15-17/h9-16H,7-8H2,1-6H3. The quantitative estimate of drug-likeness (QED) is 0.386.